The first kappa shape index (κ1) is 19.0. The Morgan fingerprint density at radius 1 is 1.11 bits per heavy atom. The number of para-hydroxylation sites is 1. The number of hydrazone groups is 1. The van der Waals surface area contributed by atoms with Gasteiger partial charge in [0, 0.05) is 50.7 Å². The molecule has 1 N–H and O–H groups in total. The third kappa shape index (κ3) is 5.13. The van der Waals surface area contributed by atoms with Crippen LogP contribution in [-0.2, 0) is 0 Å². The Kier molecular flexibility index (Phi) is 6.53. The van der Waals surface area contributed by atoms with E-state index in [1.165, 1.54) is 37.2 Å². The number of hydrogen-bond donors (Lipinski definition) is 1. The second kappa shape index (κ2) is 9.26. The molecule has 0 atom stereocenters. The summed E-state index contributed by atoms with van der Waals surface area (Å²) >= 11 is 0. The van der Waals surface area contributed by atoms with E-state index in [4.69, 9.17) is 5.10 Å². The average Bonchev–Trinajstić information content (AvgIpc) is 3.23. The largest absolute Gasteiger partial charge is 0.388 e. The zero-order chi connectivity index (χ0) is 19.1. The molecule has 0 saturated carbocycles. The molecule has 2 aromatic carbocycles. The molecule has 0 aromatic heterocycles. The second-order valence-electron chi connectivity index (χ2n) is 7.01. The summed E-state index contributed by atoms with van der Waals surface area (Å²) in [6.45, 7) is 4.42. The maximum atomic E-state index is 4.72. The number of nitrogens with one attached hydrogen (secondary N) is 1. The van der Waals surface area contributed by atoms with Gasteiger partial charge in [-0.15, -0.1) is 0 Å². The van der Waals surface area contributed by atoms with Crippen LogP contribution in [0.1, 0.15) is 31.7 Å². The van der Waals surface area contributed by atoms with Gasteiger partial charge in [-0.3, -0.25) is 5.01 Å². The summed E-state index contributed by atoms with van der Waals surface area (Å²) in [5.41, 5.74) is 5.84. The molecule has 0 bridgehead atoms. The SMILES string of the molecule is CNc1ccccc1/C=C\C/C(C)=N/N(C)c1ccc(N2CCCC2)cc1. The smallest absolute Gasteiger partial charge is 0.0592 e. The van der Waals surface area contributed by atoms with Gasteiger partial charge >= 0.3 is 0 Å². The van der Waals surface area contributed by atoms with Crippen molar-refractivity contribution in [2.45, 2.75) is 26.2 Å². The van der Waals surface area contributed by atoms with E-state index in [0.29, 0.717) is 0 Å². The molecule has 2 aromatic rings. The van der Waals surface area contributed by atoms with Gasteiger partial charge in [0.2, 0.25) is 0 Å². The molecular formula is C23H30N4. The minimum Gasteiger partial charge on any atom is -0.388 e. The van der Waals surface area contributed by atoms with Crippen molar-refractivity contribution in [2.24, 2.45) is 5.10 Å². The van der Waals surface area contributed by atoms with Gasteiger partial charge in [-0.2, -0.15) is 5.10 Å². The molecular weight excluding hydrogens is 332 g/mol. The lowest BCUT2D eigenvalue weighted by Gasteiger charge is -2.19. The molecule has 1 fully saturated rings. The van der Waals surface area contributed by atoms with Crippen LogP contribution in [0.3, 0.4) is 0 Å². The summed E-state index contributed by atoms with van der Waals surface area (Å²) < 4.78 is 0. The number of anilines is 3. The molecule has 3 rings (SSSR count). The zero-order valence-electron chi connectivity index (χ0n) is 16.7. The fourth-order valence-electron chi connectivity index (χ4n) is 3.44. The minimum atomic E-state index is 0.828. The van der Waals surface area contributed by atoms with Gasteiger partial charge in [0.1, 0.15) is 0 Å². The number of rotatable bonds is 7. The number of nitrogens with zero attached hydrogens (tertiary/aromatic N) is 3. The van der Waals surface area contributed by atoms with E-state index in [0.717, 1.165) is 23.5 Å². The molecule has 0 radical (unpaired) electrons. The normalized spacial score (nSPS) is 14.8. The van der Waals surface area contributed by atoms with Crippen LogP contribution in [0.4, 0.5) is 17.1 Å². The van der Waals surface area contributed by atoms with Crippen LogP contribution >= 0.6 is 0 Å². The number of hydrogen-bond acceptors (Lipinski definition) is 4. The van der Waals surface area contributed by atoms with Gasteiger partial charge in [0.25, 0.3) is 0 Å². The molecule has 4 nitrogen and oxygen atoms in total. The van der Waals surface area contributed by atoms with Crippen molar-refractivity contribution in [1.82, 2.24) is 0 Å². The highest BCUT2D eigenvalue weighted by Crippen LogP contribution is 2.23. The molecule has 1 heterocycles. The molecule has 0 aliphatic carbocycles. The predicted molar refractivity (Wildman–Crippen MR) is 119 cm³/mol. The molecule has 0 unspecified atom stereocenters. The fourth-order valence-corrected chi connectivity index (χ4v) is 3.44. The average molecular weight is 363 g/mol. The van der Waals surface area contributed by atoms with Crippen LogP contribution < -0.4 is 15.2 Å². The maximum Gasteiger partial charge on any atom is 0.0592 e. The molecule has 0 spiro atoms. The highest BCUT2D eigenvalue weighted by molar-refractivity contribution is 5.85. The first-order valence-electron chi connectivity index (χ1n) is 9.73. The highest BCUT2D eigenvalue weighted by atomic mass is 15.4. The van der Waals surface area contributed by atoms with Crippen LogP contribution in [0.25, 0.3) is 6.08 Å². The second-order valence-corrected chi connectivity index (χ2v) is 7.01. The quantitative estimate of drug-likeness (QED) is 0.539. The van der Waals surface area contributed by atoms with Crippen LogP contribution in [-0.4, -0.2) is 32.9 Å². The first-order valence-corrected chi connectivity index (χ1v) is 9.73. The molecule has 0 amide bonds. The van der Waals surface area contributed by atoms with Crippen molar-refractivity contribution >= 4 is 28.8 Å². The van der Waals surface area contributed by atoms with Gasteiger partial charge in [0.05, 0.1) is 5.69 Å². The lowest BCUT2D eigenvalue weighted by molar-refractivity contribution is 0.949. The minimum absolute atomic E-state index is 0.828. The third-order valence-corrected chi connectivity index (χ3v) is 4.96. The van der Waals surface area contributed by atoms with Gasteiger partial charge in [0.15, 0.2) is 0 Å². The summed E-state index contributed by atoms with van der Waals surface area (Å²) in [5, 5.41) is 9.89. The van der Waals surface area contributed by atoms with Gasteiger partial charge < -0.3 is 10.2 Å². The summed E-state index contributed by atoms with van der Waals surface area (Å²) in [4.78, 5) is 2.45. The van der Waals surface area contributed by atoms with E-state index in [-0.39, 0.29) is 0 Å². The first-order chi connectivity index (χ1) is 13.2. The molecule has 1 aliphatic heterocycles. The Hall–Kier alpha value is -2.75. The van der Waals surface area contributed by atoms with Crippen LogP contribution in [0.2, 0.25) is 0 Å². The Morgan fingerprint density at radius 2 is 1.81 bits per heavy atom. The van der Waals surface area contributed by atoms with Crippen LogP contribution in [0, 0.1) is 0 Å². The lowest BCUT2D eigenvalue weighted by Crippen LogP contribution is -2.17. The molecule has 4 heteroatoms. The topological polar surface area (TPSA) is 30.9 Å². The highest BCUT2D eigenvalue weighted by Gasteiger charge is 2.12. The van der Waals surface area contributed by atoms with Crippen molar-refractivity contribution in [3.05, 3.63) is 60.2 Å². The van der Waals surface area contributed by atoms with Crippen molar-refractivity contribution in [3.63, 3.8) is 0 Å². The lowest BCUT2D eigenvalue weighted by atomic mass is 10.1. The van der Waals surface area contributed by atoms with Crippen molar-refractivity contribution < 1.29 is 0 Å². The van der Waals surface area contributed by atoms with E-state index >= 15 is 0 Å². The maximum absolute atomic E-state index is 4.72. The Morgan fingerprint density at radius 3 is 2.52 bits per heavy atom. The van der Waals surface area contributed by atoms with E-state index in [1.54, 1.807) is 0 Å². The predicted octanol–water partition coefficient (Wildman–Crippen LogP) is 5.24. The van der Waals surface area contributed by atoms with Gasteiger partial charge in [-0.05, 0) is 55.7 Å². The summed E-state index contributed by atoms with van der Waals surface area (Å²) in [7, 11) is 3.96. The number of benzene rings is 2. The standard InChI is InChI=1S/C23H30N4/c1-19(9-8-11-20-10-4-5-12-23(20)24-2)25-26(3)21-13-15-22(16-14-21)27-17-6-7-18-27/h4-5,8,10-16,24H,6-7,9,17-18H2,1-3H3/b11-8-,25-19+. The molecule has 1 saturated heterocycles. The Labute approximate surface area is 163 Å². The van der Waals surface area contributed by atoms with E-state index in [1.807, 2.05) is 25.2 Å². The summed E-state index contributed by atoms with van der Waals surface area (Å²) in [6, 6.07) is 17.0. The van der Waals surface area contributed by atoms with E-state index in [2.05, 4.69) is 71.8 Å². The molecule has 1 aliphatic rings. The molecule has 27 heavy (non-hydrogen) atoms. The summed E-state index contributed by atoms with van der Waals surface area (Å²) in [6.07, 6.45) is 7.75. The third-order valence-electron chi connectivity index (χ3n) is 4.96. The molecule has 142 valence electrons. The Balaban J connectivity index is 1.59. The van der Waals surface area contributed by atoms with Crippen molar-refractivity contribution in [3.8, 4) is 0 Å². The zero-order valence-corrected chi connectivity index (χ0v) is 16.7. The van der Waals surface area contributed by atoms with Gasteiger partial charge in [-0.25, -0.2) is 0 Å². The summed E-state index contributed by atoms with van der Waals surface area (Å²) in [5.74, 6) is 0. The van der Waals surface area contributed by atoms with Gasteiger partial charge in [-0.1, -0.05) is 30.4 Å². The van der Waals surface area contributed by atoms with E-state index in [9.17, 15) is 0 Å². The number of allylic oxidation sites excluding steroid dienone is 1. The van der Waals surface area contributed by atoms with Crippen LogP contribution in [0.5, 0.6) is 0 Å². The van der Waals surface area contributed by atoms with Crippen LogP contribution in [0.15, 0.2) is 59.7 Å². The monoisotopic (exact) mass is 362 g/mol. The van der Waals surface area contributed by atoms with E-state index < -0.39 is 0 Å². The van der Waals surface area contributed by atoms with Crippen molar-refractivity contribution in [1.29, 1.82) is 0 Å². The Bertz CT molecular complexity index is 786. The fraction of sp³-hybridized carbons (Fsp3) is 0.348. The van der Waals surface area contributed by atoms with Crippen molar-refractivity contribution in [2.75, 3.05) is 42.4 Å².